The summed E-state index contributed by atoms with van der Waals surface area (Å²) in [4.78, 5) is 26.2. The van der Waals surface area contributed by atoms with Gasteiger partial charge in [-0.05, 0) is 50.9 Å². The number of amides is 1. The zero-order valence-corrected chi connectivity index (χ0v) is 12.3. The van der Waals surface area contributed by atoms with E-state index in [4.69, 9.17) is 0 Å². The second-order valence-electron chi connectivity index (χ2n) is 5.47. The van der Waals surface area contributed by atoms with Crippen LogP contribution < -0.4 is 10.9 Å². The Morgan fingerprint density at radius 1 is 1.40 bits per heavy atom. The van der Waals surface area contributed by atoms with Crippen molar-refractivity contribution in [3.8, 4) is 0 Å². The normalized spacial score (nSPS) is 16.4. The van der Waals surface area contributed by atoms with Crippen molar-refractivity contribution in [2.75, 3.05) is 26.7 Å². The van der Waals surface area contributed by atoms with E-state index in [0.717, 1.165) is 38.9 Å². The summed E-state index contributed by atoms with van der Waals surface area (Å²) in [7, 11) is 3.63. The zero-order chi connectivity index (χ0) is 14.5. The van der Waals surface area contributed by atoms with Crippen molar-refractivity contribution in [3.05, 3.63) is 34.2 Å². The van der Waals surface area contributed by atoms with E-state index in [0.29, 0.717) is 5.92 Å². The molecule has 2 heterocycles. The Kier molecular flexibility index (Phi) is 4.95. The number of nitrogens with zero attached hydrogens (tertiary/aromatic N) is 2. The molecule has 1 fully saturated rings. The minimum Gasteiger partial charge on any atom is -0.338 e. The van der Waals surface area contributed by atoms with Crippen molar-refractivity contribution in [1.82, 2.24) is 14.8 Å². The highest BCUT2D eigenvalue weighted by Gasteiger charge is 2.24. The monoisotopic (exact) mass is 277 g/mol. The Balaban J connectivity index is 1.98. The van der Waals surface area contributed by atoms with Gasteiger partial charge in [-0.1, -0.05) is 0 Å². The van der Waals surface area contributed by atoms with E-state index in [9.17, 15) is 9.59 Å². The molecule has 0 spiro atoms. The Morgan fingerprint density at radius 2 is 2.10 bits per heavy atom. The predicted octanol–water partition coefficient (Wildman–Crippen LogP) is 0.847. The fourth-order valence-electron chi connectivity index (χ4n) is 2.70. The van der Waals surface area contributed by atoms with E-state index >= 15 is 0 Å². The molecule has 1 saturated heterocycles. The number of carbonyl (C=O) groups excluding carboxylic acids is 1. The zero-order valence-electron chi connectivity index (χ0n) is 12.3. The summed E-state index contributed by atoms with van der Waals surface area (Å²) in [6, 6.07) is 3.37. The highest BCUT2D eigenvalue weighted by molar-refractivity contribution is 5.93. The molecule has 0 aromatic carbocycles. The van der Waals surface area contributed by atoms with Crippen molar-refractivity contribution in [1.29, 1.82) is 0 Å². The van der Waals surface area contributed by atoms with Crippen molar-refractivity contribution >= 4 is 5.91 Å². The molecule has 0 radical (unpaired) electrons. The molecule has 1 aromatic rings. The van der Waals surface area contributed by atoms with Gasteiger partial charge in [-0.15, -0.1) is 0 Å². The predicted molar refractivity (Wildman–Crippen MR) is 78.9 cm³/mol. The summed E-state index contributed by atoms with van der Waals surface area (Å²) < 4.78 is 1.45. The van der Waals surface area contributed by atoms with Gasteiger partial charge in [-0.3, -0.25) is 9.59 Å². The molecule has 0 unspecified atom stereocenters. The molecule has 1 aromatic heterocycles. The second kappa shape index (κ2) is 6.70. The van der Waals surface area contributed by atoms with Gasteiger partial charge in [0, 0.05) is 26.3 Å². The lowest BCUT2D eigenvalue weighted by molar-refractivity contribution is 0.0684. The number of hydrogen-bond acceptors (Lipinski definition) is 3. The van der Waals surface area contributed by atoms with Gasteiger partial charge in [-0.2, -0.15) is 0 Å². The lowest BCUT2D eigenvalue weighted by Gasteiger charge is -2.32. The topological polar surface area (TPSA) is 54.3 Å². The Morgan fingerprint density at radius 3 is 2.75 bits per heavy atom. The average molecular weight is 277 g/mol. The largest absolute Gasteiger partial charge is 0.338 e. The summed E-state index contributed by atoms with van der Waals surface area (Å²) in [6.45, 7) is 2.54. The lowest BCUT2D eigenvalue weighted by Crippen LogP contribution is -2.41. The molecule has 0 aliphatic carbocycles. The van der Waals surface area contributed by atoms with Gasteiger partial charge in [0.15, 0.2) is 0 Å². The number of aryl methyl sites for hydroxylation is 1. The van der Waals surface area contributed by atoms with E-state index in [2.05, 4.69) is 5.32 Å². The van der Waals surface area contributed by atoms with Crippen LogP contribution in [0.5, 0.6) is 0 Å². The van der Waals surface area contributed by atoms with E-state index in [-0.39, 0.29) is 17.0 Å². The number of pyridine rings is 1. The van der Waals surface area contributed by atoms with Crippen LogP contribution in [0.2, 0.25) is 0 Å². The fraction of sp³-hybridized carbons (Fsp3) is 0.600. The molecular formula is C15H23N3O2. The third-order valence-corrected chi connectivity index (χ3v) is 4.06. The van der Waals surface area contributed by atoms with Gasteiger partial charge in [0.1, 0.15) is 5.56 Å². The van der Waals surface area contributed by atoms with Crippen LogP contribution in [0.25, 0.3) is 0 Å². The quantitative estimate of drug-likeness (QED) is 0.887. The molecule has 1 N–H and O–H groups in total. The van der Waals surface area contributed by atoms with Crippen LogP contribution in [0.1, 0.15) is 29.6 Å². The third-order valence-electron chi connectivity index (χ3n) is 4.06. The Labute approximate surface area is 119 Å². The Bertz CT molecular complexity index is 516. The summed E-state index contributed by atoms with van der Waals surface area (Å²) in [5, 5.41) is 3.16. The summed E-state index contributed by atoms with van der Waals surface area (Å²) >= 11 is 0. The van der Waals surface area contributed by atoms with Crippen LogP contribution >= 0.6 is 0 Å². The van der Waals surface area contributed by atoms with Crippen LogP contribution in [-0.2, 0) is 7.05 Å². The van der Waals surface area contributed by atoms with Crippen LogP contribution in [0, 0.1) is 5.92 Å². The van der Waals surface area contributed by atoms with E-state index in [1.807, 2.05) is 11.9 Å². The van der Waals surface area contributed by atoms with Crippen molar-refractivity contribution in [2.45, 2.75) is 19.3 Å². The van der Waals surface area contributed by atoms with Gasteiger partial charge < -0.3 is 14.8 Å². The summed E-state index contributed by atoms with van der Waals surface area (Å²) in [5.74, 6) is 0.559. The van der Waals surface area contributed by atoms with Gasteiger partial charge in [-0.25, -0.2) is 0 Å². The number of hydrogen-bond donors (Lipinski definition) is 1. The molecular weight excluding hydrogens is 254 g/mol. The van der Waals surface area contributed by atoms with E-state index in [1.54, 1.807) is 25.4 Å². The molecule has 5 heteroatoms. The van der Waals surface area contributed by atoms with Crippen LogP contribution in [0.4, 0.5) is 0 Å². The van der Waals surface area contributed by atoms with E-state index in [1.165, 1.54) is 4.57 Å². The second-order valence-corrected chi connectivity index (χ2v) is 5.47. The summed E-state index contributed by atoms with van der Waals surface area (Å²) in [5.41, 5.74) is 0.0680. The molecule has 1 aliphatic rings. The SMILES string of the molecule is CNCCC1CCN(C(=O)c2cccn(C)c2=O)CC1. The lowest BCUT2D eigenvalue weighted by atomic mass is 9.93. The van der Waals surface area contributed by atoms with Gasteiger partial charge in [0.25, 0.3) is 11.5 Å². The smallest absolute Gasteiger partial charge is 0.263 e. The first-order valence-electron chi connectivity index (χ1n) is 7.23. The first-order chi connectivity index (χ1) is 9.63. The summed E-state index contributed by atoms with van der Waals surface area (Å²) in [6.07, 6.45) is 4.88. The molecule has 2 rings (SSSR count). The van der Waals surface area contributed by atoms with Gasteiger partial charge in [0.2, 0.25) is 0 Å². The molecule has 5 nitrogen and oxygen atoms in total. The van der Waals surface area contributed by atoms with Gasteiger partial charge in [0.05, 0.1) is 0 Å². The van der Waals surface area contributed by atoms with Crippen molar-refractivity contribution < 1.29 is 4.79 Å². The molecule has 0 atom stereocenters. The van der Waals surface area contributed by atoms with E-state index < -0.39 is 0 Å². The van der Waals surface area contributed by atoms with Crippen molar-refractivity contribution in [3.63, 3.8) is 0 Å². The third kappa shape index (κ3) is 3.28. The first kappa shape index (κ1) is 14.8. The maximum Gasteiger partial charge on any atom is 0.263 e. The number of carbonyl (C=O) groups is 1. The number of aromatic nitrogens is 1. The van der Waals surface area contributed by atoms with Gasteiger partial charge >= 0.3 is 0 Å². The first-order valence-corrected chi connectivity index (χ1v) is 7.23. The fourth-order valence-corrected chi connectivity index (χ4v) is 2.70. The molecule has 20 heavy (non-hydrogen) atoms. The Hall–Kier alpha value is -1.62. The molecule has 1 aliphatic heterocycles. The minimum absolute atomic E-state index is 0.127. The average Bonchev–Trinajstić information content (AvgIpc) is 2.48. The molecule has 0 saturated carbocycles. The number of nitrogens with one attached hydrogen (secondary N) is 1. The van der Waals surface area contributed by atoms with Crippen LogP contribution in [0.3, 0.4) is 0 Å². The molecule has 110 valence electrons. The maximum atomic E-state index is 12.4. The maximum absolute atomic E-state index is 12.4. The number of piperidine rings is 1. The minimum atomic E-state index is -0.213. The van der Waals surface area contributed by atoms with Crippen LogP contribution in [-0.4, -0.2) is 42.1 Å². The molecule has 0 bridgehead atoms. The van der Waals surface area contributed by atoms with Crippen LogP contribution in [0.15, 0.2) is 23.1 Å². The standard InChI is InChI=1S/C15H23N3O2/c1-16-8-5-12-6-10-18(11-7-12)15(20)13-4-3-9-17(2)14(13)19/h3-4,9,12,16H,5-8,10-11H2,1-2H3. The highest BCUT2D eigenvalue weighted by atomic mass is 16.2. The van der Waals surface area contributed by atoms with Crippen molar-refractivity contribution in [2.24, 2.45) is 13.0 Å². The highest BCUT2D eigenvalue weighted by Crippen LogP contribution is 2.20. The molecule has 1 amide bonds. The number of rotatable bonds is 4. The number of likely N-dealkylation sites (tertiary alicyclic amines) is 1.